The fourth-order valence-electron chi connectivity index (χ4n) is 2.35. The molecule has 110 valence electrons. The summed E-state index contributed by atoms with van der Waals surface area (Å²) < 4.78 is 4.68. The second-order valence-electron chi connectivity index (χ2n) is 4.95. The zero-order valence-corrected chi connectivity index (χ0v) is 12.2. The number of H-pyrrole nitrogens is 1. The lowest BCUT2D eigenvalue weighted by molar-refractivity contribution is 0.0601. The van der Waals surface area contributed by atoms with Crippen LogP contribution < -0.4 is 5.56 Å². The van der Waals surface area contributed by atoms with Crippen molar-refractivity contribution in [3.8, 4) is 11.1 Å². The van der Waals surface area contributed by atoms with Gasteiger partial charge in [-0.1, -0.05) is 18.2 Å². The Morgan fingerprint density at radius 1 is 1.09 bits per heavy atom. The Kier molecular flexibility index (Phi) is 3.47. The first kappa shape index (κ1) is 14.0. The molecule has 1 heterocycles. The van der Waals surface area contributed by atoms with Crippen LogP contribution in [0.4, 0.5) is 0 Å². The number of rotatable bonds is 2. The lowest BCUT2D eigenvalue weighted by Gasteiger charge is -2.05. The van der Waals surface area contributed by atoms with Crippen LogP contribution >= 0.6 is 0 Å². The molecule has 0 fully saturated rings. The molecule has 0 unspecified atom stereocenters. The molecule has 0 amide bonds. The lowest BCUT2D eigenvalue weighted by Crippen LogP contribution is -2.09. The standard InChI is InChI=1S/C17H14N2O3/c1-10-18-15-9-13(7-8-14(15)16(20)19-10)11-3-5-12(6-4-11)17(21)22-2/h3-9H,1-2H3,(H,18,19,20). The maximum absolute atomic E-state index is 11.9. The number of hydrogen-bond donors (Lipinski definition) is 1. The second kappa shape index (κ2) is 5.44. The summed E-state index contributed by atoms with van der Waals surface area (Å²) in [7, 11) is 1.35. The Labute approximate surface area is 126 Å². The summed E-state index contributed by atoms with van der Waals surface area (Å²) in [5, 5.41) is 0.556. The SMILES string of the molecule is COC(=O)c1ccc(-c2ccc3c(=O)[nH]c(C)nc3c2)cc1. The molecule has 2 aromatic carbocycles. The number of nitrogens with zero attached hydrogens (tertiary/aromatic N) is 1. The number of ether oxygens (including phenoxy) is 1. The van der Waals surface area contributed by atoms with Crippen LogP contribution in [0.15, 0.2) is 47.3 Å². The number of benzene rings is 2. The quantitative estimate of drug-likeness (QED) is 0.738. The molecule has 0 aliphatic heterocycles. The first-order valence-corrected chi connectivity index (χ1v) is 6.78. The van der Waals surface area contributed by atoms with E-state index in [1.54, 1.807) is 25.1 Å². The number of fused-ring (bicyclic) bond motifs is 1. The molecule has 0 bridgehead atoms. The molecule has 5 nitrogen and oxygen atoms in total. The first-order valence-electron chi connectivity index (χ1n) is 6.78. The Morgan fingerprint density at radius 3 is 2.45 bits per heavy atom. The van der Waals surface area contributed by atoms with Gasteiger partial charge in [-0.05, 0) is 42.3 Å². The highest BCUT2D eigenvalue weighted by atomic mass is 16.5. The summed E-state index contributed by atoms with van der Waals surface area (Å²) in [4.78, 5) is 30.3. The molecule has 0 saturated heterocycles. The van der Waals surface area contributed by atoms with Gasteiger partial charge in [0.25, 0.3) is 5.56 Å². The zero-order valence-electron chi connectivity index (χ0n) is 12.2. The molecule has 0 saturated carbocycles. The highest BCUT2D eigenvalue weighted by molar-refractivity contribution is 5.90. The minimum atomic E-state index is -0.367. The molecule has 22 heavy (non-hydrogen) atoms. The molecule has 0 spiro atoms. The van der Waals surface area contributed by atoms with Gasteiger partial charge in [-0.25, -0.2) is 9.78 Å². The third-order valence-electron chi connectivity index (χ3n) is 3.46. The molecule has 0 radical (unpaired) electrons. The van der Waals surface area contributed by atoms with Crippen LogP contribution in [-0.4, -0.2) is 23.0 Å². The average molecular weight is 294 g/mol. The minimum absolute atomic E-state index is 0.143. The number of esters is 1. The summed E-state index contributed by atoms with van der Waals surface area (Å²) in [6.07, 6.45) is 0. The van der Waals surface area contributed by atoms with Crippen molar-refractivity contribution in [2.24, 2.45) is 0 Å². The smallest absolute Gasteiger partial charge is 0.337 e. The maximum atomic E-state index is 11.9. The van der Waals surface area contributed by atoms with E-state index in [4.69, 9.17) is 0 Å². The highest BCUT2D eigenvalue weighted by Crippen LogP contribution is 2.23. The largest absolute Gasteiger partial charge is 0.465 e. The number of hydrogen-bond acceptors (Lipinski definition) is 4. The van der Waals surface area contributed by atoms with Gasteiger partial charge in [-0.2, -0.15) is 0 Å². The Hall–Kier alpha value is -2.95. The van der Waals surface area contributed by atoms with Gasteiger partial charge in [-0.15, -0.1) is 0 Å². The van der Waals surface area contributed by atoms with E-state index in [0.717, 1.165) is 11.1 Å². The molecule has 5 heteroatoms. The molecule has 1 aromatic heterocycles. The number of aryl methyl sites for hydroxylation is 1. The normalized spacial score (nSPS) is 10.6. The van der Waals surface area contributed by atoms with Crippen molar-refractivity contribution in [1.82, 2.24) is 9.97 Å². The van der Waals surface area contributed by atoms with E-state index in [0.29, 0.717) is 22.3 Å². The van der Waals surface area contributed by atoms with Crippen LogP contribution in [0.5, 0.6) is 0 Å². The van der Waals surface area contributed by atoms with Crippen LogP contribution in [0.2, 0.25) is 0 Å². The first-order chi connectivity index (χ1) is 10.6. The van der Waals surface area contributed by atoms with Gasteiger partial charge in [0, 0.05) is 0 Å². The summed E-state index contributed by atoms with van der Waals surface area (Å²) in [5.74, 6) is 0.213. The van der Waals surface area contributed by atoms with Gasteiger partial charge < -0.3 is 9.72 Å². The Morgan fingerprint density at radius 2 is 1.77 bits per heavy atom. The predicted molar refractivity (Wildman–Crippen MR) is 83.9 cm³/mol. The van der Waals surface area contributed by atoms with Crippen LogP contribution in [0, 0.1) is 6.92 Å². The lowest BCUT2D eigenvalue weighted by atomic mass is 10.0. The number of nitrogens with one attached hydrogen (secondary N) is 1. The van der Waals surface area contributed by atoms with Gasteiger partial charge >= 0.3 is 5.97 Å². The molecule has 0 aliphatic rings. The van der Waals surface area contributed by atoms with Gasteiger partial charge in [0.1, 0.15) is 5.82 Å². The molecule has 3 rings (SSSR count). The third-order valence-corrected chi connectivity index (χ3v) is 3.46. The summed E-state index contributed by atoms with van der Waals surface area (Å²) in [6, 6.07) is 12.6. The number of carbonyl (C=O) groups is 1. The van der Waals surface area contributed by atoms with E-state index in [-0.39, 0.29) is 11.5 Å². The Bertz CT molecular complexity index is 911. The van der Waals surface area contributed by atoms with E-state index < -0.39 is 0 Å². The third kappa shape index (κ3) is 2.48. The Balaban J connectivity index is 2.06. The maximum Gasteiger partial charge on any atom is 0.337 e. The van der Waals surface area contributed by atoms with Crippen molar-refractivity contribution in [2.75, 3.05) is 7.11 Å². The molecule has 1 N–H and O–H groups in total. The monoisotopic (exact) mass is 294 g/mol. The van der Waals surface area contributed by atoms with Crippen molar-refractivity contribution < 1.29 is 9.53 Å². The van der Waals surface area contributed by atoms with Crippen molar-refractivity contribution in [1.29, 1.82) is 0 Å². The zero-order chi connectivity index (χ0) is 15.7. The van der Waals surface area contributed by atoms with Gasteiger partial charge in [-0.3, -0.25) is 4.79 Å². The topological polar surface area (TPSA) is 72.1 Å². The van der Waals surface area contributed by atoms with E-state index in [1.807, 2.05) is 24.3 Å². The van der Waals surface area contributed by atoms with Crippen LogP contribution in [0.3, 0.4) is 0 Å². The number of aromatic amines is 1. The molecule has 3 aromatic rings. The molecule has 0 aliphatic carbocycles. The minimum Gasteiger partial charge on any atom is -0.465 e. The van der Waals surface area contributed by atoms with Gasteiger partial charge in [0.15, 0.2) is 0 Å². The van der Waals surface area contributed by atoms with Gasteiger partial charge in [0.05, 0.1) is 23.6 Å². The van der Waals surface area contributed by atoms with Crippen LogP contribution in [0.25, 0.3) is 22.0 Å². The summed E-state index contributed by atoms with van der Waals surface area (Å²) in [6.45, 7) is 1.75. The molecular weight excluding hydrogens is 280 g/mol. The van der Waals surface area contributed by atoms with Crippen molar-refractivity contribution in [3.05, 3.63) is 64.2 Å². The van der Waals surface area contributed by atoms with E-state index in [9.17, 15) is 9.59 Å². The number of carbonyl (C=O) groups excluding carboxylic acids is 1. The van der Waals surface area contributed by atoms with E-state index >= 15 is 0 Å². The average Bonchev–Trinajstić information content (AvgIpc) is 2.53. The van der Waals surface area contributed by atoms with Crippen LogP contribution in [-0.2, 0) is 4.74 Å². The van der Waals surface area contributed by atoms with Gasteiger partial charge in [0.2, 0.25) is 0 Å². The van der Waals surface area contributed by atoms with E-state index in [2.05, 4.69) is 14.7 Å². The van der Waals surface area contributed by atoms with Crippen molar-refractivity contribution in [3.63, 3.8) is 0 Å². The predicted octanol–water partition coefficient (Wildman–Crippen LogP) is 2.69. The fourth-order valence-corrected chi connectivity index (χ4v) is 2.35. The second-order valence-corrected chi connectivity index (χ2v) is 4.95. The molecular formula is C17H14N2O3. The van der Waals surface area contributed by atoms with Crippen molar-refractivity contribution >= 4 is 16.9 Å². The highest BCUT2D eigenvalue weighted by Gasteiger charge is 2.07. The molecule has 0 atom stereocenters. The summed E-state index contributed by atoms with van der Waals surface area (Å²) >= 11 is 0. The van der Waals surface area contributed by atoms with Crippen molar-refractivity contribution in [2.45, 2.75) is 6.92 Å². The van der Waals surface area contributed by atoms with Crippen LogP contribution in [0.1, 0.15) is 16.2 Å². The van der Waals surface area contributed by atoms with E-state index in [1.165, 1.54) is 7.11 Å². The fraction of sp³-hybridized carbons (Fsp3) is 0.118. The number of aromatic nitrogens is 2. The summed E-state index contributed by atoms with van der Waals surface area (Å²) in [5.41, 5.74) is 2.87. The number of methoxy groups -OCH3 is 1.